The second-order valence-corrected chi connectivity index (χ2v) is 1.18. The van der Waals surface area contributed by atoms with Gasteiger partial charge in [0.25, 0.3) is 0 Å². The number of hydrogen-bond acceptors (Lipinski definition) is 2. The summed E-state index contributed by atoms with van der Waals surface area (Å²) in [6, 6.07) is 0. The molecule has 0 fully saturated rings. The molecule has 7 heavy (non-hydrogen) atoms. The van der Waals surface area contributed by atoms with E-state index in [-0.39, 0.29) is 0 Å². The third-order valence-corrected chi connectivity index (χ3v) is 0.641. The molecule has 1 rings (SSSR count). The van der Waals surface area contributed by atoms with Crippen LogP contribution in [0, 0.1) is 6.26 Å². The Morgan fingerprint density at radius 3 is 3.71 bits per heavy atom. The summed E-state index contributed by atoms with van der Waals surface area (Å²) in [5.74, 6) is 0. The van der Waals surface area contributed by atoms with Gasteiger partial charge in [0, 0.05) is 6.20 Å². The van der Waals surface area contributed by atoms with Gasteiger partial charge < -0.3 is 4.84 Å². The van der Waals surface area contributed by atoms with Crippen molar-refractivity contribution < 1.29 is 4.84 Å². The summed E-state index contributed by atoms with van der Waals surface area (Å²) < 4.78 is 0. The predicted molar refractivity (Wildman–Crippen MR) is 25.8 cm³/mol. The molecular weight excluding hydrogens is 90.1 g/mol. The molecule has 0 saturated carbocycles. The summed E-state index contributed by atoms with van der Waals surface area (Å²) in [6.07, 6.45) is 8.92. The van der Waals surface area contributed by atoms with Gasteiger partial charge in [-0.15, -0.1) is 0 Å². The standard InChI is InChI=1S/C5H6NO/c1-2-4-6-7-5-3-1/h2-4,6H,1H2. The molecule has 0 aliphatic carbocycles. The maximum atomic E-state index is 4.55. The third-order valence-electron chi connectivity index (χ3n) is 0.641. The zero-order chi connectivity index (χ0) is 4.95. The first-order valence-corrected chi connectivity index (χ1v) is 2.14. The molecule has 1 aliphatic heterocycles. The van der Waals surface area contributed by atoms with E-state index in [0.29, 0.717) is 0 Å². The van der Waals surface area contributed by atoms with Gasteiger partial charge in [-0.3, -0.25) is 0 Å². The van der Waals surface area contributed by atoms with E-state index in [9.17, 15) is 0 Å². The average molecular weight is 96.1 g/mol. The minimum absolute atomic E-state index is 0.896. The highest BCUT2D eigenvalue weighted by Crippen LogP contribution is 1.87. The van der Waals surface area contributed by atoms with Crippen molar-refractivity contribution in [2.75, 3.05) is 0 Å². The smallest absolute Gasteiger partial charge is 0.196 e. The Bertz CT molecular complexity index is 84.3. The van der Waals surface area contributed by atoms with Crippen LogP contribution >= 0.6 is 0 Å². The van der Waals surface area contributed by atoms with E-state index < -0.39 is 0 Å². The van der Waals surface area contributed by atoms with Crippen LogP contribution in [0.1, 0.15) is 6.42 Å². The molecule has 37 valence electrons. The van der Waals surface area contributed by atoms with Gasteiger partial charge in [-0.25, -0.2) is 5.48 Å². The van der Waals surface area contributed by atoms with Crippen molar-refractivity contribution >= 4 is 0 Å². The van der Waals surface area contributed by atoms with Crippen molar-refractivity contribution in [2.45, 2.75) is 6.42 Å². The lowest BCUT2D eigenvalue weighted by atomic mass is 10.4. The van der Waals surface area contributed by atoms with Gasteiger partial charge in [-0.05, 0) is 12.5 Å². The Balaban J connectivity index is 2.38. The molecule has 2 nitrogen and oxygen atoms in total. The van der Waals surface area contributed by atoms with E-state index in [4.69, 9.17) is 0 Å². The molecule has 1 N–H and O–H groups in total. The second kappa shape index (κ2) is 2.29. The predicted octanol–water partition coefficient (Wildman–Crippen LogP) is 0.742. The van der Waals surface area contributed by atoms with E-state index in [0.717, 1.165) is 6.42 Å². The van der Waals surface area contributed by atoms with Crippen LogP contribution in [-0.4, -0.2) is 0 Å². The van der Waals surface area contributed by atoms with Gasteiger partial charge in [0.1, 0.15) is 0 Å². The van der Waals surface area contributed by atoms with Crippen molar-refractivity contribution in [3.8, 4) is 0 Å². The van der Waals surface area contributed by atoms with Crippen molar-refractivity contribution in [3.05, 3.63) is 24.6 Å². The molecule has 0 amide bonds. The van der Waals surface area contributed by atoms with Crippen LogP contribution in [0.25, 0.3) is 0 Å². The zero-order valence-corrected chi connectivity index (χ0v) is 3.85. The minimum atomic E-state index is 0.896. The fourth-order valence-corrected chi connectivity index (χ4v) is 0.342. The lowest BCUT2D eigenvalue weighted by molar-refractivity contribution is 0.158. The molecule has 1 heterocycles. The molecule has 2 heteroatoms. The van der Waals surface area contributed by atoms with Crippen LogP contribution in [0.5, 0.6) is 0 Å². The highest BCUT2D eigenvalue weighted by Gasteiger charge is 1.77. The first kappa shape index (κ1) is 4.24. The zero-order valence-electron chi connectivity index (χ0n) is 3.85. The SMILES string of the molecule is [C]1=CCC=CNO1. The Morgan fingerprint density at radius 2 is 2.71 bits per heavy atom. The Morgan fingerprint density at radius 1 is 1.71 bits per heavy atom. The van der Waals surface area contributed by atoms with Crippen LogP contribution in [0.2, 0.25) is 0 Å². The molecule has 1 radical (unpaired) electrons. The Hall–Kier alpha value is -0.920. The molecule has 0 atom stereocenters. The highest BCUT2D eigenvalue weighted by atomic mass is 16.6. The van der Waals surface area contributed by atoms with Crippen LogP contribution in [0.3, 0.4) is 0 Å². The summed E-state index contributed by atoms with van der Waals surface area (Å²) in [5.41, 5.74) is 2.52. The van der Waals surface area contributed by atoms with Crippen molar-refractivity contribution in [1.29, 1.82) is 0 Å². The van der Waals surface area contributed by atoms with Crippen LogP contribution < -0.4 is 5.48 Å². The Kier molecular flexibility index (Phi) is 1.39. The summed E-state index contributed by atoms with van der Waals surface area (Å²) in [4.78, 5) is 4.55. The average Bonchev–Trinajstić information content (AvgIpc) is 1.90. The quantitative estimate of drug-likeness (QED) is 0.480. The fraction of sp³-hybridized carbons (Fsp3) is 0.200. The van der Waals surface area contributed by atoms with E-state index in [1.807, 2.05) is 6.08 Å². The fourth-order valence-electron chi connectivity index (χ4n) is 0.342. The Labute approximate surface area is 42.4 Å². The summed E-state index contributed by atoms with van der Waals surface area (Å²) >= 11 is 0. The van der Waals surface area contributed by atoms with Gasteiger partial charge in [-0.1, -0.05) is 6.08 Å². The van der Waals surface area contributed by atoms with Crippen molar-refractivity contribution in [1.82, 2.24) is 5.48 Å². The number of rotatable bonds is 0. The first-order chi connectivity index (χ1) is 3.50. The molecule has 0 aromatic heterocycles. The lowest BCUT2D eigenvalue weighted by Crippen LogP contribution is -1.97. The number of allylic oxidation sites excluding steroid dienone is 2. The van der Waals surface area contributed by atoms with Gasteiger partial charge in [-0.2, -0.15) is 0 Å². The van der Waals surface area contributed by atoms with Crippen LogP contribution in [0.4, 0.5) is 0 Å². The molecule has 0 saturated heterocycles. The largest absolute Gasteiger partial charge is 0.379 e. The molecule has 0 aromatic carbocycles. The topological polar surface area (TPSA) is 21.3 Å². The molecule has 0 spiro atoms. The van der Waals surface area contributed by atoms with Crippen molar-refractivity contribution in [2.24, 2.45) is 0 Å². The summed E-state index contributed by atoms with van der Waals surface area (Å²) in [5, 5.41) is 0. The maximum absolute atomic E-state index is 4.55. The maximum Gasteiger partial charge on any atom is 0.196 e. The normalized spacial score (nSPS) is 17.1. The number of hydroxylamine groups is 1. The van der Waals surface area contributed by atoms with E-state index >= 15 is 0 Å². The van der Waals surface area contributed by atoms with Gasteiger partial charge in [0.2, 0.25) is 0 Å². The van der Waals surface area contributed by atoms with Crippen LogP contribution in [0.15, 0.2) is 18.4 Å². The van der Waals surface area contributed by atoms with Crippen LogP contribution in [-0.2, 0) is 4.84 Å². The highest BCUT2D eigenvalue weighted by molar-refractivity contribution is 4.87. The molecular formula is C5H6NO. The summed E-state index contributed by atoms with van der Waals surface area (Å²) in [7, 11) is 0. The van der Waals surface area contributed by atoms with Crippen molar-refractivity contribution in [3.63, 3.8) is 0 Å². The lowest BCUT2D eigenvalue weighted by Gasteiger charge is -1.89. The van der Waals surface area contributed by atoms with E-state index in [2.05, 4.69) is 16.6 Å². The molecule has 0 bridgehead atoms. The monoisotopic (exact) mass is 96.0 g/mol. The van der Waals surface area contributed by atoms with E-state index in [1.54, 1.807) is 12.3 Å². The number of hydrogen-bond donors (Lipinski definition) is 1. The molecule has 1 aliphatic rings. The third kappa shape index (κ3) is 1.30. The number of nitrogens with one attached hydrogen (secondary N) is 1. The van der Waals surface area contributed by atoms with Gasteiger partial charge in [0.15, 0.2) is 6.26 Å². The molecule has 0 unspecified atom stereocenters. The second-order valence-electron chi connectivity index (χ2n) is 1.18. The first-order valence-electron chi connectivity index (χ1n) is 2.14. The van der Waals surface area contributed by atoms with E-state index in [1.165, 1.54) is 0 Å². The minimum Gasteiger partial charge on any atom is -0.379 e. The van der Waals surface area contributed by atoms with Gasteiger partial charge >= 0.3 is 0 Å². The molecule has 0 aromatic rings. The van der Waals surface area contributed by atoms with Gasteiger partial charge in [0.05, 0.1) is 0 Å². The summed E-state index contributed by atoms with van der Waals surface area (Å²) in [6.45, 7) is 0.